The fourth-order valence-corrected chi connectivity index (χ4v) is 3.69. The standard InChI is InChI=1S/C25H47FO2/c1-5-7-9-10-11-12-13-14-15-16-18-20-23(19-17-8-6-2)21-24(26)28-25(27)22(3)4/h23-24H,3,5-21H2,1-2,4H3. The molecule has 0 aromatic rings. The van der Waals surface area contributed by atoms with Crippen LogP contribution in [0.2, 0.25) is 0 Å². The van der Waals surface area contributed by atoms with Crippen molar-refractivity contribution in [2.45, 2.75) is 136 Å². The maximum Gasteiger partial charge on any atom is 0.335 e. The van der Waals surface area contributed by atoms with Crippen LogP contribution in [0.1, 0.15) is 130 Å². The molecule has 0 radical (unpaired) electrons. The largest absolute Gasteiger partial charge is 0.428 e. The van der Waals surface area contributed by atoms with Crippen LogP contribution in [0.15, 0.2) is 12.2 Å². The molecule has 0 saturated heterocycles. The van der Waals surface area contributed by atoms with Crippen molar-refractivity contribution in [2.75, 3.05) is 0 Å². The summed E-state index contributed by atoms with van der Waals surface area (Å²) in [7, 11) is 0. The zero-order valence-electron chi connectivity index (χ0n) is 19.1. The van der Waals surface area contributed by atoms with Gasteiger partial charge in [0, 0.05) is 12.0 Å². The van der Waals surface area contributed by atoms with E-state index in [2.05, 4.69) is 20.4 Å². The van der Waals surface area contributed by atoms with Gasteiger partial charge in [-0.2, -0.15) is 0 Å². The van der Waals surface area contributed by atoms with Crippen LogP contribution in [0.3, 0.4) is 0 Å². The average molecular weight is 399 g/mol. The molecule has 0 bridgehead atoms. The summed E-state index contributed by atoms with van der Waals surface area (Å²) in [5.74, 6) is -0.299. The number of halogens is 1. The summed E-state index contributed by atoms with van der Waals surface area (Å²) in [6.07, 6.45) is 19.1. The monoisotopic (exact) mass is 398 g/mol. The maximum absolute atomic E-state index is 14.1. The molecule has 0 fully saturated rings. The Bertz CT molecular complexity index is 381. The number of carbonyl (C=O) groups excluding carboxylic acids is 1. The summed E-state index contributed by atoms with van der Waals surface area (Å²) in [4.78, 5) is 11.5. The van der Waals surface area contributed by atoms with Gasteiger partial charge in [0.25, 0.3) is 0 Å². The van der Waals surface area contributed by atoms with Gasteiger partial charge in [0.15, 0.2) is 0 Å². The molecule has 0 rings (SSSR count). The number of carbonyl (C=O) groups is 1. The second-order valence-electron chi connectivity index (χ2n) is 8.52. The number of hydrogen-bond donors (Lipinski definition) is 0. The highest BCUT2D eigenvalue weighted by Crippen LogP contribution is 2.25. The molecule has 0 aromatic heterocycles. The average Bonchev–Trinajstić information content (AvgIpc) is 2.65. The lowest BCUT2D eigenvalue weighted by Gasteiger charge is -2.19. The van der Waals surface area contributed by atoms with E-state index in [1.807, 2.05) is 0 Å². The van der Waals surface area contributed by atoms with Crippen LogP contribution in [0, 0.1) is 5.92 Å². The minimum Gasteiger partial charge on any atom is -0.428 e. The molecule has 166 valence electrons. The Morgan fingerprint density at radius 3 is 1.64 bits per heavy atom. The van der Waals surface area contributed by atoms with Crippen molar-refractivity contribution in [1.82, 2.24) is 0 Å². The summed E-state index contributed by atoms with van der Waals surface area (Å²) >= 11 is 0. The Balaban J connectivity index is 3.89. The molecule has 2 atom stereocenters. The van der Waals surface area contributed by atoms with E-state index in [4.69, 9.17) is 4.74 Å². The quantitative estimate of drug-likeness (QED) is 0.116. The Labute approximate surface area is 174 Å². The summed E-state index contributed by atoms with van der Waals surface area (Å²) in [5.41, 5.74) is 0.260. The lowest BCUT2D eigenvalue weighted by Crippen LogP contribution is -2.18. The molecule has 3 heteroatoms. The van der Waals surface area contributed by atoms with E-state index in [-0.39, 0.29) is 5.57 Å². The second-order valence-corrected chi connectivity index (χ2v) is 8.52. The number of rotatable bonds is 20. The molecule has 0 aromatic carbocycles. The lowest BCUT2D eigenvalue weighted by molar-refractivity contribution is -0.154. The fraction of sp³-hybridized carbons (Fsp3) is 0.880. The topological polar surface area (TPSA) is 26.3 Å². The van der Waals surface area contributed by atoms with Crippen LogP contribution in [-0.4, -0.2) is 12.3 Å². The molecule has 28 heavy (non-hydrogen) atoms. The Hall–Kier alpha value is -0.860. The zero-order chi connectivity index (χ0) is 21.0. The van der Waals surface area contributed by atoms with Gasteiger partial charge in [-0.3, -0.25) is 0 Å². The molecular formula is C25H47FO2. The number of ether oxygens (including phenoxy) is 1. The van der Waals surface area contributed by atoms with Gasteiger partial charge in [0.2, 0.25) is 6.36 Å². The van der Waals surface area contributed by atoms with Gasteiger partial charge in [0.05, 0.1) is 0 Å². The molecule has 0 saturated carbocycles. The molecule has 0 aliphatic carbocycles. The number of unbranched alkanes of at least 4 members (excludes halogenated alkanes) is 12. The first-order chi connectivity index (χ1) is 13.5. The van der Waals surface area contributed by atoms with E-state index >= 15 is 0 Å². The summed E-state index contributed by atoms with van der Waals surface area (Å²) in [6.45, 7) is 9.52. The normalized spacial score (nSPS) is 13.3. The summed E-state index contributed by atoms with van der Waals surface area (Å²) < 4.78 is 19.0. The molecule has 0 amide bonds. The van der Waals surface area contributed by atoms with Crippen molar-refractivity contribution in [2.24, 2.45) is 5.92 Å². The molecule has 2 unspecified atom stereocenters. The van der Waals surface area contributed by atoms with Gasteiger partial charge in [0.1, 0.15) is 0 Å². The van der Waals surface area contributed by atoms with Gasteiger partial charge in [-0.05, 0) is 12.8 Å². The van der Waals surface area contributed by atoms with Gasteiger partial charge < -0.3 is 4.74 Å². The van der Waals surface area contributed by atoms with E-state index in [0.717, 1.165) is 25.7 Å². The van der Waals surface area contributed by atoms with Crippen LogP contribution >= 0.6 is 0 Å². The number of alkyl halides is 1. The van der Waals surface area contributed by atoms with Crippen molar-refractivity contribution in [1.29, 1.82) is 0 Å². The van der Waals surface area contributed by atoms with E-state index < -0.39 is 12.3 Å². The zero-order valence-corrected chi connectivity index (χ0v) is 19.1. The van der Waals surface area contributed by atoms with Crippen molar-refractivity contribution in [3.63, 3.8) is 0 Å². The van der Waals surface area contributed by atoms with E-state index in [9.17, 15) is 9.18 Å². The summed E-state index contributed by atoms with van der Waals surface area (Å²) in [6, 6.07) is 0. The predicted octanol–water partition coefficient (Wildman–Crippen LogP) is 8.69. The fourth-order valence-electron chi connectivity index (χ4n) is 3.69. The van der Waals surface area contributed by atoms with Crippen LogP contribution in [0.5, 0.6) is 0 Å². The van der Waals surface area contributed by atoms with Crippen LogP contribution < -0.4 is 0 Å². The van der Waals surface area contributed by atoms with Crippen LogP contribution in [0.25, 0.3) is 0 Å². The SMILES string of the molecule is C=C(C)C(=O)OC(F)CC(CCCCC)CCCCCCCCCCCCC. The highest BCUT2D eigenvalue weighted by atomic mass is 19.1. The Kier molecular flexibility index (Phi) is 18.9. The van der Waals surface area contributed by atoms with Gasteiger partial charge in [-0.25, -0.2) is 9.18 Å². The van der Waals surface area contributed by atoms with E-state index in [1.54, 1.807) is 6.92 Å². The molecule has 0 N–H and O–H groups in total. The van der Waals surface area contributed by atoms with Crippen molar-refractivity contribution >= 4 is 5.97 Å². The molecule has 0 aliphatic rings. The smallest absolute Gasteiger partial charge is 0.335 e. The molecule has 0 aliphatic heterocycles. The molecular weight excluding hydrogens is 351 g/mol. The third-order valence-corrected chi connectivity index (χ3v) is 5.53. The van der Waals surface area contributed by atoms with Crippen molar-refractivity contribution < 1.29 is 13.9 Å². The third-order valence-electron chi connectivity index (χ3n) is 5.53. The van der Waals surface area contributed by atoms with Crippen molar-refractivity contribution in [3.8, 4) is 0 Å². The Morgan fingerprint density at radius 1 is 0.786 bits per heavy atom. The van der Waals surface area contributed by atoms with E-state index in [1.165, 1.54) is 77.0 Å². The second kappa shape index (κ2) is 19.5. The first kappa shape index (κ1) is 27.1. The van der Waals surface area contributed by atoms with Crippen molar-refractivity contribution in [3.05, 3.63) is 12.2 Å². The van der Waals surface area contributed by atoms with Crippen LogP contribution in [0.4, 0.5) is 4.39 Å². The first-order valence-electron chi connectivity index (χ1n) is 12.0. The highest BCUT2D eigenvalue weighted by Gasteiger charge is 2.19. The minimum atomic E-state index is -1.50. The summed E-state index contributed by atoms with van der Waals surface area (Å²) in [5, 5.41) is 0. The van der Waals surface area contributed by atoms with Gasteiger partial charge in [-0.1, -0.05) is 123 Å². The molecule has 0 heterocycles. The van der Waals surface area contributed by atoms with Gasteiger partial charge in [-0.15, -0.1) is 0 Å². The first-order valence-corrected chi connectivity index (χ1v) is 12.0. The molecule has 0 spiro atoms. The number of esters is 1. The third kappa shape index (κ3) is 17.3. The van der Waals surface area contributed by atoms with E-state index in [0.29, 0.717) is 12.3 Å². The highest BCUT2D eigenvalue weighted by molar-refractivity contribution is 5.86. The minimum absolute atomic E-state index is 0.260. The number of hydrogen-bond acceptors (Lipinski definition) is 2. The van der Waals surface area contributed by atoms with Gasteiger partial charge >= 0.3 is 5.97 Å². The predicted molar refractivity (Wildman–Crippen MR) is 119 cm³/mol. The Morgan fingerprint density at radius 2 is 1.18 bits per heavy atom. The lowest BCUT2D eigenvalue weighted by atomic mass is 9.91. The molecule has 2 nitrogen and oxygen atoms in total. The van der Waals surface area contributed by atoms with Crippen LogP contribution in [-0.2, 0) is 9.53 Å². The maximum atomic E-state index is 14.1.